The van der Waals surface area contributed by atoms with E-state index in [-0.39, 0.29) is 5.91 Å². The fourth-order valence-corrected chi connectivity index (χ4v) is 3.16. The molecule has 116 valence electrons. The molecule has 2 N–H and O–H groups in total. The number of anilines is 1. The Morgan fingerprint density at radius 2 is 2.00 bits per heavy atom. The average molecular weight is 288 g/mol. The maximum atomic E-state index is 12.1. The molecule has 1 aromatic rings. The number of nitrogens with one attached hydrogen (secondary N) is 2. The van der Waals surface area contributed by atoms with E-state index >= 15 is 0 Å². The second-order valence-electron chi connectivity index (χ2n) is 6.62. The lowest BCUT2D eigenvalue weighted by Crippen LogP contribution is -2.43. The lowest BCUT2D eigenvalue weighted by Gasteiger charge is -2.34. The first-order valence-corrected chi connectivity index (χ1v) is 8.08. The standard InChI is InChI=1S/C18H28N2O/c1-12-8-9-14(3)17(10-12)20-18(21)11-19-16-7-5-6-13(2)15(16)4/h8-10,13,15-16,19H,5-7,11H2,1-4H3,(H,20,21). The van der Waals surface area contributed by atoms with Gasteiger partial charge in [-0.1, -0.05) is 38.8 Å². The van der Waals surface area contributed by atoms with Gasteiger partial charge in [-0.05, 0) is 49.3 Å². The molecule has 3 atom stereocenters. The SMILES string of the molecule is Cc1ccc(C)c(NC(=O)CNC2CCCC(C)C2C)c1. The molecule has 1 aliphatic rings. The normalized spacial score (nSPS) is 25.6. The second-order valence-corrected chi connectivity index (χ2v) is 6.62. The van der Waals surface area contributed by atoms with Crippen LogP contribution < -0.4 is 10.6 Å². The Hall–Kier alpha value is -1.35. The Kier molecular flexibility index (Phi) is 5.40. The Balaban J connectivity index is 1.86. The molecule has 1 fully saturated rings. The summed E-state index contributed by atoms with van der Waals surface area (Å²) >= 11 is 0. The fraction of sp³-hybridized carbons (Fsp3) is 0.611. The largest absolute Gasteiger partial charge is 0.325 e. The summed E-state index contributed by atoms with van der Waals surface area (Å²) in [5, 5.41) is 6.46. The number of carbonyl (C=O) groups excluding carboxylic acids is 1. The highest BCUT2D eigenvalue weighted by atomic mass is 16.1. The van der Waals surface area contributed by atoms with Crippen LogP contribution in [0.1, 0.15) is 44.2 Å². The van der Waals surface area contributed by atoms with Gasteiger partial charge in [0.15, 0.2) is 0 Å². The number of carbonyl (C=O) groups is 1. The van der Waals surface area contributed by atoms with Crippen molar-refractivity contribution < 1.29 is 4.79 Å². The van der Waals surface area contributed by atoms with Gasteiger partial charge in [0.2, 0.25) is 5.91 Å². The van der Waals surface area contributed by atoms with Crippen molar-refractivity contribution in [2.45, 2.75) is 53.0 Å². The smallest absolute Gasteiger partial charge is 0.238 e. The van der Waals surface area contributed by atoms with Crippen LogP contribution >= 0.6 is 0 Å². The van der Waals surface area contributed by atoms with Crippen molar-refractivity contribution in [1.29, 1.82) is 0 Å². The van der Waals surface area contributed by atoms with E-state index in [9.17, 15) is 4.79 Å². The molecule has 0 heterocycles. The summed E-state index contributed by atoms with van der Waals surface area (Å²) in [5.74, 6) is 1.44. The molecule has 0 radical (unpaired) electrons. The van der Waals surface area contributed by atoms with Gasteiger partial charge in [0.25, 0.3) is 0 Å². The number of amides is 1. The molecular weight excluding hydrogens is 260 g/mol. The van der Waals surface area contributed by atoms with Crippen LogP contribution in [0.2, 0.25) is 0 Å². The average Bonchev–Trinajstić information content (AvgIpc) is 2.44. The van der Waals surface area contributed by atoms with Crippen LogP contribution in [0.25, 0.3) is 0 Å². The maximum absolute atomic E-state index is 12.1. The van der Waals surface area contributed by atoms with Crippen molar-refractivity contribution in [3.8, 4) is 0 Å². The van der Waals surface area contributed by atoms with E-state index in [0.717, 1.165) is 17.2 Å². The summed E-state index contributed by atoms with van der Waals surface area (Å²) in [7, 11) is 0. The summed E-state index contributed by atoms with van der Waals surface area (Å²) in [6.07, 6.45) is 3.76. The molecule has 0 aliphatic heterocycles. The predicted octanol–water partition coefficient (Wildman–Crippen LogP) is 3.66. The van der Waals surface area contributed by atoms with E-state index in [4.69, 9.17) is 0 Å². The first-order chi connectivity index (χ1) is 9.97. The first-order valence-electron chi connectivity index (χ1n) is 8.08. The van der Waals surface area contributed by atoms with Crippen molar-refractivity contribution in [2.75, 3.05) is 11.9 Å². The van der Waals surface area contributed by atoms with Gasteiger partial charge in [-0.25, -0.2) is 0 Å². The zero-order valence-corrected chi connectivity index (χ0v) is 13.7. The molecule has 0 saturated heterocycles. The Morgan fingerprint density at radius 1 is 1.24 bits per heavy atom. The molecule has 1 aromatic carbocycles. The summed E-state index contributed by atoms with van der Waals surface area (Å²) in [6.45, 7) is 9.07. The van der Waals surface area contributed by atoms with Crippen molar-refractivity contribution in [1.82, 2.24) is 5.32 Å². The molecular formula is C18H28N2O. The predicted molar refractivity (Wildman–Crippen MR) is 88.5 cm³/mol. The maximum Gasteiger partial charge on any atom is 0.238 e. The molecule has 3 heteroatoms. The van der Waals surface area contributed by atoms with Crippen LogP contribution in [0.5, 0.6) is 0 Å². The summed E-state index contributed by atoms with van der Waals surface area (Å²) in [6, 6.07) is 6.61. The Morgan fingerprint density at radius 3 is 2.76 bits per heavy atom. The zero-order valence-electron chi connectivity index (χ0n) is 13.7. The molecule has 3 unspecified atom stereocenters. The second kappa shape index (κ2) is 7.08. The molecule has 0 spiro atoms. The monoisotopic (exact) mass is 288 g/mol. The topological polar surface area (TPSA) is 41.1 Å². The minimum absolute atomic E-state index is 0.0501. The summed E-state index contributed by atoms with van der Waals surface area (Å²) in [4.78, 5) is 12.1. The van der Waals surface area contributed by atoms with Crippen molar-refractivity contribution in [3.63, 3.8) is 0 Å². The number of aryl methyl sites for hydroxylation is 2. The van der Waals surface area contributed by atoms with Gasteiger partial charge in [-0.3, -0.25) is 4.79 Å². The first kappa shape index (κ1) is 16.0. The van der Waals surface area contributed by atoms with Crippen molar-refractivity contribution in [3.05, 3.63) is 29.3 Å². The molecule has 2 rings (SSSR count). The highest BCUT2D eigenvalue weighted by Crippen LogP contribution is 2.29. The van der Waals surface area contributed by atoms with Gasteiger partial charge >= 0.3 is 0 Å². The van der Waals surface area contributed by atoms with E-state index in [1.807, 2.05) is 26.0 Å². The third-order valence-electron chi connectivity index (χ3n) is 4.90. The molecule has 1 saturated carbocycles. The third-order valence-corrected chi connectivity index (χ3v) is 4.90. The molecule has 1 aliphatic carbocycles. The lowest BCUT2D eigenvalue weighted by molar-refractivity contribution is -0.115. The van der Waals surface area contributed by atoms with Crippen molar-refractivity contribution in [2.24, 2.45) is 11.8 Å². The number of benzene rings is 1. The Labute approximate surface area is 128 Å². The van der Waals surface area contributed by atoms with Crippen LogP contribution in [-0.4, -0.2) is 18.5 Å². The van der Waals surface area contributed by atoms with E-state index in [1.54, 1.807) is 0 Å². The fourth-order valence-electron chi connectivity index (χ4n) is 3.16. The molecule has 0 bridgehead atoms. The van der Waals surface area contributed by atoms with Gasteiger partial charge in [0, 0.05) is 11.7 Å². The lowest BCUT2D eigenvalue weighted by atomic mass is 9.78. The van der Waals surface area contributed by atoms with Gasteiger partial charge in [-0.2, -0.15) is 0 Å². The number of hydrogen-bond acceptors (Lipinski definition) is 2. The number of rotatable bonds is 4. The van der Waals surface area contributed by atoms with Crippen LogP contribution in [0.3, 0.4) is 0 Å². The quantitative estimate of drug-likeness (QED) is 0.888. The van der Waals surface area contributed by atoms with E-state index in [2.05, 4.69) is 30.5 Å². The van der Waals surface area contributed by atoms with Crippen LogP contribution in [0.4, 0.5) is 5.69 Å². The number of hydrogen-bond donors (Lipinski definition) is 2. The highest BCUT2D eigenvalue weighted by Gasteiger charge is 2.26. The van der Waals surface area contributed by atoms with Gasteiger partial charge in [0.05, 0.1) is 6.54 Å². The molecule has 21 heavy (non-hydrogen) atoms. The van der Waals surface area contributed by atoms with Gasteiger partial charge < -0.3 is 10.6 Å². The highest BCUT2D eigenvalue weighted by molar-refractivity contribution is 5.93. The van der Waals surface area contributed by atoms with Gasteiger partial charge in [0.1, 0.15) is 0 Å². The van der Waals surface area contributed by atoms with E-state index in [1.165, 1.54) is 24.8 Å². The zero-order chi connectivity index (χ0) is 15.4. The van der Waals surface area contributed by atoms with E-state index < -0.39 is 0 Å². The minimum Gasteiger partial charge on any atom is -0.325 e. The minimum atomic E-state index is 0.0501. The van der Waals surface area contributed by atoms with Crippen LogP contribution in [0, 0.1) is 25.7 Å². The van der Waals surface area contributed by atoms with Crippen LogP contribution in [0.15, 0.2) is 18.2 Å². The van der Waals surface area contributed by atoms with Gasteiger partial charge in [-0.15, -0.1) is 0 Å². The van der Waals surface area contributed by atoms with Crippen molar-refractivity contribution >= 4 is 11.6 Å². The third kappa shape index (κ3) is 4.31. The van der Waals surface area contributed by atoms with Crippen LogP contribution in [-0.2, 0) is 4.79 Å². The summed E-state index contributed by atoms with van der Waals surface area (Å²) in [5.41, 5.74) is 3.19. The Bertz CT molecular complexity index is 498. The molecule has 0 aromatic heterocycles. The molecule has 1 amide bonds. The van der Waals surface area contributed by atoms with E-state index in [0.29, 0.717) is 18.5 Å². The molecule has 3 nitrogen and oxygen atoms in total. The summed E-state index contributed by atoms with van der Waals surface area (Å²) < 4.78 is 0.